The van der Waals surface area contributed by atoms with Crippen LogP contribution in [0.5, 0.6) is 11.5 Å². The van der Waals surface area contributed by atoms with Crippen LogP contribution in [0, 0.1) is 0 Å². The van der Waals surface area contributed by atoms with Crippen LogP contribution in [0.1, 0.15) is 43.3 Å². The minimum atomic E-state index is -4.12. The Kier molecular flexibility index (Phi) is 5.93. The highest BCUT2D eigenvalue weighted by Crippen LogP contribution is 2.43. The number of hydrogen-bond donors (Lipinski definition) is 1. The van der Waals surface area contributed by atoms with Crippen molar-refractivity contribution in [1.82, 2.24) is 19.7 Å². The third kappa shape index (κ3) is 4.81. The summed E-state index contributed by atoms with van der Waals surface area (Å²) in [7, 11) is 0. The van der Waals surface area contributed by atoms with E-state index in [0.29, 0.717) is 42.3 Å². The highest BCUT2D eigenvalue weighted by Gasteiger charge is 2.63. The molecule has 3 aromatic rings. The highest BCUT2D eigenvalue weighted by atomic mass is 19.3. The molecule has 6 rings (SSSR count). The molecule has 1 saturated carbocycles. The lowest BCUT2D eigenvalue weighted by atomic mass is 9.96. The zero-order valence-corrected chi connectivity index (χ0v) is 19.9. The van der Waals surface area contributed by atoms with Crippen molar-refractivity contribution >= 4 is 17.3 Å². The van der Waals surface area contributed by atoms with E-state index in [4.69, 9.17) is 14.6 Å². The second-order valence-electron chi connectivity index (χ2n) is 9.72. The van der Waals surface area contributed by atoms with Gasteiger partial charge in [-0.3, -0.25) is 4.68 Å². The molecule has 3 aliphatic rings. The van der Waals surface area contributed by atoms with Gasteiger partial charge in [0.2, 0.25) is 0 Å². The number of nitrogens with zero attached hydrogens (tertiary/aromatic N) is 5. The molecular weight excluding hydrogens is 492 g/mol. The summed E-state index contributed by atoms with van der Waals surface area (Å²) in [4.78, 5) is 9.28. The molecule has 1 aliphatic carbocycles. The maximum Gasteiger partial charge on any atom is 0.329 e. The number of aromatic nitrogens is 4. The number of rotatable bonds is 7. The molecule has 0 spiro atoms. The zero-order chi connectivity index (χ0) is 25.6. The first-order chi connectivity index (χ1) is 17.8. The summed E-state index contributed by atoms with van der Waals surface area (Å²) in [6.07, 6.45) is 8.80. The van der Waals surface area contributed by atoms with Crippen LogP contribution < -0.4 is 15.0 Å². The van der Waals surface area contributed by atoms with Gasteiger partial charge in [-0.2, -0.15) is 22.7 Å². The summed E-state index contributed by atoms with van der Waals surface area (Å²) in [5.74, 6) is -6.49. The van der Waals surface area contributed by atoms with Crippen molar-refractivity contribution in [3.05, 3.63) is 48.5 Å². The fourth-order valence-electron chi connectivity index (χ4n) is 4.67. The van der Waals surface area contributed by atoms with Gasteiger partial charge >= 0.3 is 11.8 Å². The lowest BCUT2D eigenvalue weighted by Crippen LogP contribution is -2.38. The van der Waals surface area contributed by atoms with Crippen molar-refractivity contribution < 1.29 is 27.0 Å². The molecule has 0 bridgehead atoms. The number of hydrogen-bond acceptors (Lipinski definition) is 7. The molecule has 3 aromatic heterocycles. The van der Waals surface area contributed by atoms with E-state index in [0.717, 1.165) is 36.3 Å². The van der Waals surface area contributed by atoms with E-state index in [1.165, 1.54) is 12.3 Å². The van der Waals surface area contributed by atoms with Gasteiger partial charge in [-0.25, -0.2) is 9.97 Å². The molecule has 0 atom stereocenters. The van der Waals surface area contributed by atoms with Gasteiger partial charge in [0.1, 0.15) is 11.5 Å². The van der Waals surface area contributed by atoms with Crippen molar-refractivity contribution in [3.63, 3.8) is 0 Å². The summed E-state index contributed by atoms with van der Waals surface area (Å²) in [5.41, 5.74) is 1.34. The first-order valence-electron chi connectivity index (χ1n) is 12.3. The fraction of sp³-hybridized carbons (Fsp3) is 0.480. The van der Waals surface area contributed by atoms with Crippen LogP contribution in [-0.4, -0.2) is 57.9 Å². The maximum absolute atomic E-state index is 13.7. The molecule has 3 fully saturated rings. The number of anilines is 3. The number of alkyl halides is 4. The minimum absolute atomic E-state index is 0.0211. The van der Waals surface area contributed by atoms with E-state index in [2.05, 4.69) is 15.3 Å². The van der Waals surface area contributed by atoms with Crippen LogP contribution in [0.3, 0.4) is 0 Å². The molecule has 5 heterocycles. The van der Waals surface area contributed by atoms with E-state index in [-0.39, 0.29) is 11.7 Å². The van der Waals surface area contributed by atoms with Crippen LogP contribution in [0.2, 0.25) is 0 Å². The lowest BCUT2D eigenvalue weighted by Gasteiger charge is -2.21. The van der Waals surface area contributed by atoms with Crippen molar-refractivity contribution in [2.75, 3.05) is 36.5 Å². The largest absolute Gasteiger partial charge is 0.450 e. The Morgan fingerprint density at radius 3 is 2.43 bits per heavy atom. The van der Waals surface area contributed by atoms with Gasteiger partial charge in [0.25, 0.3) is 0 Å². The summed E-state index contributed by atoms with van der Waals surface area (Å²) in [5, 5.41) is 7.96. The van der Waals surface area contributed by atoms with E-state index < -0.39 is 24.9 Å². The number of halogens is 4. The smallest absolute Gasteiger partial charge is 0.329 e. The topological polar surface area (TPSA) is 77.3 Å². The Hall–Kier alpha value is -3.41. The van der Waals surface area contributed by atoms with Crippen LogP contribution >= 0.6 is 0 Å². The SMILES string of the molecule is FC1(F)CN(c2cc(Nc3ncccc3Oc3cn(C4CC4)nc3C3CCOCC3)ccn2)CC1(F)F. The third-order valence-electron chi connectivity index (χ3n) is 6.89. The molecule has 0 unspecified atom stereocenters. The fourth-order valence-corrected chi connectivity index (χ4v) is 4.67. The molecule has 2 aliphatic heterocycles. The van der Waals surface area contributed by atoms with Gasteiger partial charge < -0.3 is 19.7 Å². The molecule has 196 valence electrons. The first kappa shape index (κ1) is 24.0. The maximum atomic E-state index is 13.7. The average Bonchev–Trinajstić information content (AvgIpc) is 3.60. The first-order valence-corrected chi connectivity index (χ1v) is 12.3. The van der Waals surface area contributed by atoms with Crippen LogP contribution in [0.25, 0.3) is 0 Å². The highest BCUT2D eigenvalue weighted by molar-refractivity contribution is 5.65. The average molecular weight is 519 g/mol. The quantitative estimate of drug-likeness (QED) is 0.412. The van der Waals surface area contributed by atoms with Gasteiger partial charge in [-0.05, 0) is 43.9 Å². The summed E-state index contributed by atoms with van der Waals surface area (Å²) < 4.78 is 68.7. The van der Waals surface area contributed by atoms with Gasteiger partial charge in [0.05, 0.1) is 25.3 Å². The Bertz CT molecular complexity index is 1260. The minimum Gasteiger partial charge on any atom is -0.450 e. The molecule has 0 radical (unpaired) electrons. The molecule has 0 amide bonds. The Morgan fingerprint density at radius 2 is 1.70 bits per heavy atom. The van der Waals surface area contributed by atoms with Crippen molar-refractivity contribution in [2.24, 2.45) is 0 Å². The van der Waals surface area contributed by atoms with Gasteiger partial charge in [0.15, 0.2) is 17.3 Å². The van der Waals surface area contributed by atoms with E-state index in [9.17, 15) is 17.6 Å². The van der Waals surface area contributed by atoms with E-state index in [1.54, 1.807) is 24.4 Å². The van der Waals surface area contributed by atoms with Crippen molar-refractivity contribution in [1.29, 1.82) is 0 Å². The number of nitrogens with one attached hydrogen (secondary N) is 1. The number of pyridine rings is 2. The molecule has 2 saturated heterocycles. The Labute approximate surface area is 210 Å². The second kappa shape index (κ2) is 9.16. The normalized spacial score (nSPS) is 21.2. The van der Waals surface area contributed by atoms with Crippen LogP contribution in [-0.2, 0) is 4.74 Å². The molecule has 8 nitrogen and oxygen atoms in total. The third-order valence-corrected chi connectivity index (χ3v) is 6.89. The molecule has 1 N–H and O–H groups in total. The predicted octanol–water partition coefficient (Wildman–Crippen LogP) is 5.53. The van der Waals surface area contributed by atoms with E-state index in [1.807, 2.05) is 10.9 Å². The Balaban J connectivity index is 1.24. The van der Waals surface area contributed by atoms with Crippen molar-refractivity contribution in [3.8, 4) is 11.5 Å². The van der Waals surface area contributed by atoms with Gasteiger partial charge in [0, 0.05) is 43.3 Å². The van der Waals surface area contributed by atoms with Gasteiger partial charge in [-0.15, -0.1) is 0 Å². The summed E-state index contributed by atoms with van der Waals surface area (Å²) >= 11 is 0. The molecule has 37 heavy (non-hydrogen) atoms. The standard InChI is InChI=1S/C25H26F4N6O2/c26-24(27)14-34(15-25(24,28)29)21-12-17(5-9-30-21)32-23-19(2-1-8-31-23)37-20-13-35(18-3-4-18)33-22(20)16-6-10-36-11-7-16/h1-2,5,8-9,12-13,16,18H,3-4,6-7,10-11,14-15H2,(H,30,31,32). The Morgan fingerprint density at radius 1 is 0.946 bits per heavy atom. The van der Waals surface area contributed by atoms with Crippen LogP contribution in [0.15, 0.2) is 42.9 Å². The van der Waals surface area contributed by atoms with Crippen molar-refractivity contribution in [2.45, 2.75) is 49.5 Å². The number of ether oxygens (including phenoxy) is 2. The zero-order valence-electron chi connectivity index (χ0n) is 19.9. The molecule has 0 aromatic carbocycles. The summed E-state index contributed by atoms with van der Waals surface area (Å²) in [6, 6.07) is 6.94. The molecule has 12 heteroatoms. The van der Waals surface area contributed by atoms with Crippen LogP contribution in [0.4, 0.5) is 34.9 Å². The predicted molar refractivity (Wildman–Crippen MR) is 127 cm³/mol. The molecular formula is C25H26F4N6O2. The van der Waals surface area contributed by atoms with E-state index >= 15 is 0 Å². The monoisotopic (exact) mass is 518 g/mol. The summed E-state index contributed by atoms with van der Waals surface area (Å²) in [6.45, 7) is -0.846. The second-order valence-corrected chi connectivity index (χ2v) is 9.72. The van der Waals surface area contributed by atoms with Gasteiger partial charge in [-0.1, -0.05) is 0 Å². The lowest BCUT2D eigenvalue weighted by molar-refractivity contribution is -0.172.